The van der Waals surface area contributed by atoms with Gasteiger partial charge in [0, 0.05) is 5.56 Å². The average molecular weight is 311 g/mol. The molecule has 0 aliphatic rings. The summed E-state index contributed by atoms with van der Waals surface area (Å²) in [6.45, 7) is 3.43. The molecule has 22 heavy (non-hydrogen) atoms. The maximum Gasteiger partial charge on any atom is 0.326 e. The van der Waals surface area contributed by atoms with Crippen LogP contribution >= 0.6 is 0 Å². The van der Waals surface area contributed by atoms with E-state index in [-0.39, 0.29) is 11.5 Å². The number of carbonyl (C=O) groups excluding carboxylic acids is 1. The van der Waals surface area contributed by atoms with Gasteiger partial charge in [0.2, 0.25) is 5.75 Å². The summed E-state index contributed by atoms with van der Waals surface area (Å²) in [4.78, 5) is 23.4. The van der Waals surface area contributed by atoms with Crippen LogP contribution in [0, 0.1) is 5.92 Å². The van der Waals surface area contributed by atoms with Gasteiger partial charge in [-0.25, -0.2) is 4.79 Å². The van der Waals surface area contributed by atoms with Crippen molar-refractivity contribution in [1.82, 2.24) is 5.32 Å². The van der Waals surface area contributed by atoms with Crippen LogP contribution < -0.4 is 19.5 Å². The summed E-state index contributed by atoms with van der Waals surface area (Å²) in [5.41, 5.74) is 0.224. The molecule has 0 aliphatic heterocycles. The van der Waals surface area contributed by atoms with Gasteiger partial charge in [-0.05, 0) is 18.1 Å². The summed E-state index contributed by atoms with van der Waals surface area (Å²) in [6.07, 6.45) is 0. The summed E-state index contributed by atoms with van der Waals surface area (Å²) in [7, 11) is 4.33. The number of benzene rings is 1. The van der Waals surface area contributed by atoms with Gasteiger partial charge in [0.25, 0.3) is 5.91 Å². The number of rotatable bonds is 7. The fraction of sp³-hybridized carbons (Fsp3) is 0.467. The van der Waals surface area contributed by atoms with Gasteiger partial charge < -0.3 is 24.6 Å². The quantitative estimate of drug-likeness (QED) is 0.793. The van der Waals surface area contributed by atoms with Gasteiger partial charge in [-0.15, -0.1) is 0 Å². The Balaban J connectivity index is 3.15. The van der Waals surface area contributed by atoms with Crippen LogP contribution in [0.25, 0.3) is 0 Å². The van der Waals surface area contributed by atoms with Crippen LogP contribution in [0.2, 0.25) is 0 Å². The zero-order valence-electron chi connectivity index (χ0n) is 13.3. The highest BCUT2D eigenvalue weighted by Gasteiger charge is 2.25. The minimum atomic E-state index is -1.09. The first kappa shape index (κ1) is 17.6. The van der Waals surface area contributed by atoms with Crippen molar-refractivity contribution in [3.63, 3.8) is 0 Å². The van der Waals surface area contributed by atoms with Crippen molar-refractivity contribution in [3.8, 4) is 17.2 Å². The number of aliphatic carboxylic acids is 1. The van der Waals surface area contributed by atoms with Gasteiger partial charge in [-0.3, -0.25) is 4.79 Å². The summed E-state index contributed by atoms with van der Waals surface area (Å²) in [5.74, 6) is -0.855. The summed E-state index contributed by atoms with van der Waals surface area (Å²) in [5, 5.41) is 11.6. The first-order chi connectivity index (χ1) is 10.3. The highest BCUT2D eigenvalue weighted by atomic mass is 16.5. The second-order valence-corrected chi connectivity index (χ2v) is 4.95. The average Bonchev–Trinajstić information content (AvgIpc) is 2.49. The van der Waals surface area contributed by atoms with E-state index in [0.717, 1.165) is 0 Å². The van der Waals surface area contributed by atoms with E-state index in [4.69, 9.17) is 19.3 Å². The molecule has 0 aromatic heterocycles. The molecule has 1 amide bonds. The smallest absolute Gasteiger partial charge is 0.326 e. The Bertz CT molecular complexity index is 530. The van der Waals surface area contributed by atoms with Gasteiger partial charge in [0.15, 0.2) is 11.5 Å². The molecule has 0 heterocycles. The van der Waals surface area contributed by atoms with Crippen LogP contribution in [-0.2, 0) is 4.79 Å². The Morgan fingerprint density at radius 2 is 1.55 bits per heavy atom. The molecule has 0 fully saturated rings. The molecule has 7 heteroatoms. The van der Waals surface area contributed by atoms with Gasteiger partial charge in [0.1, 0.15) is 6.04 Å². The van der Waals surface area contributed by atoms with Crippen molar-refractivity contribution in [1.29, 1.82) is 0 Å². The molecule has 2 N–H and O–H groups in total. The molecule has 1 aromatic carbocycles. The summed E-state index contributed by atoms with van der Waals surface area (Å²) in [6, 6.07) is 1.96. The molecule has 122 valence electrons. The number of hydrogen-bond donors (Lipinski definition) is 2. The molecule has 7 nitrogen and oxygen atoms in total. The Labute approximate surface area is 129 Å². The molecule has 1 aromatic rings. The van der Waals surface area contributed by atoms with E-state index in [1.54, 1.807) is 13.8 Å². The van der Waals surface area contributed by atoms with Crippen LogP contribution in [0.4, 0.5) is 0 Å². The minimum Gasteiger partial charge on any atom is -0.493 e. The molecule has 0 radical (unpaired) electrons. The monoisotopic (exact) mass is 311 g/mol. The van der Waals surface area contributed by atoms with Crippen LogP contribution in [0.15, 0.2) is 12.1 Å². The lowest BCUT2D eigenvalue weighted by molar-refractivity contribution is -0.140. The number of amides is 1. The molecule has 1 rings (SSSR count). The van der Waals surface area contributed by atoms with Crippen molar-refractivity contribution in [2.75, 3.05) is 21.3 Å². The maximum absolute atomic E-state index is 12.3. The first-order valence-corrected chi connectivity index (χ1v) is 6.69. The molecule has 0 spiro atoms. The van der Waals surface area contributed by atoms with E-state index in [1.807, 2.05) is 0 Å². The van der Waals surface area contributed by atoms with Crippen LogP contribution in [0.3, 0.4) is 0 Å². The Kier molecular flexibility index (Phi) is 6.03. The second kappa shape index (κ2) is 7.53. The highest BCUT2D eigenvalue weighted by molar-refractivity contribution is 5.97. The fourth-order valence-corrected chi connectivity index (χ4v) is 1.95. The first-order valence-electron chi connectivity index (χ1n) is 6.69. The molecule has 0 saturated heterocycles. The number of methoxy groups -OCH3 is 3. The highest BCUT2D eigenvalue weighted by Crippen LogP contribution is 2.38. The molecular weight excluding hydrogens is 290 g/mol. The number of nitrogens with one attached hydrogen (secondary N) is 1. The van der Waals surface area contributed by atoms with E-state index in [1.165, 1.54) is 33.5 Å². The van der Waals surface area contributed by atoms with Crippen LogP contribution in [0.5, 0.6) is 17.2 Å². The number of hydrogen-bond acceptors (Lipinski definition) is 5. The second-order valence-electron chi connectivity index (χ2n) is 4.95. The lowest BCUT2D eigenvalue weighted by Crippen LogP contribution is -2.44. The summed E-state index contributed by atoms with van der Waals surface area (Å²) >= 11 is 0. The SMILES string of the molecule is COc1cc(C(=O)N[C@H](C(=O)O)C(C)C)cc(OC)c1OC. The van der Waals surface area contributed by atoms with E-state index in [0.29, 0.717) is 17.2 Å². The number of carboxylic acids is 1. The van der Waals surface area contributed by atoms with E-state index >= 15 is 0 Å². The van der Waals surface area contributed by atoms with Crippen molar-refractivity contribution >= 4 is 11.9 Å². The van der Waals surface area contributed by atoms with Crippen LogP contribution in [0.1, 0.15) is 24.2 Å². The third-order valence-corrected chi connectivity index (χ3v) is 3.15. The van der Waals surface area contributed by atoms with E-state index in [2.05, 4.69) is 5.32 Å². The number of ether oxygens (including phenoxy) is 3. The molecule has 0 unspecified atom stereocenters. The summed E-state index contributed by atoms with van der Waals surface area (Å²) < 4.78 is 15.5. The third kappa shape index (κ3) is 3.81. The van der Waals surface area contributed by atoms with Crippen molar-refractivity contribution in [2.45, 2.75) is 19.9 Å². The maximum atomic E-state index is 12.3. The molecule has 0 saturated carbocycles. The van der Waals surface area contributed by atoms with E-state index < -0.39 is 17.9 Å². The van der Waals surface area contributed by atoms with Crippen LogP contribution in [-0.4, -0.2) is 44.4 Å². The largest absolute Gasteiger partial charge is 0.493 e. The Hall–Kier alpha value is -2.44. The molecular formula is C15H21NO6. The van der Waals surface area contributed by atoms with Crippen molar-refractivity contribution in [2.24, 2.45) is 5.92 Å². The Morgan fingerprint density at radius 1 is 1.05 bits per heavy atom. The molecule has 0 aliphatic carbocycles. The molecule has 1 atom stereocenters. The predicted octanol–water partition coefficient (Wildman–Crippen LogP) is 1.55. The standard InChI is InChI=1S/C15H21NO6/c1-8(2)12(15(18)19)16-14(17)9-6-10(20-3)13(22-5)11(7-9)21-4/h6-8,12H,1-5H3,(H,16,17)(H,18,19)/t12-/m0/s1. The topological polar surface area (TPSA) is 94.1 Å². The van der Waals surface area contributed by atoms with Crippen molar-refractivity contribution in [3.05, 3.63) is 17.7 Å². The normalized spacial score (nSPS) is 11.7. The number of carboxylic acid groups (broad SMARTS) is 1. The van der Waals surface area contributed by atoms with Gasteiger partial charge in [-0.1, -0.05) is 13.8 Å². The van der Waals surface area contributed by atoms with Crippen molar-refractivity contribution < 1.29 is 28.9 Å². The minimum absolute atomic E-state index is 0.224. The van der Waals surface area contributed by atoms with Gasteiger partial charge in [-0.2, -0.15) is 0 Å². The lowest BCUT2D eigenvalue weighted by Gasteiger charge is -2.19. The fourth-order valence-electron chi connectivity index (χ4n) is 1.95. The van der Waals surface area contributed by atoms with Gasteiger partial charge >= 0.3 is 5.97 Å². The van der Waals surface area contributed by atoms with E-state index in [9.17, 15) is 9.59 Å². The predicted molar refractivity (Wildman–Crippen MR) is 79.8 cm³/mol. The lowest BCUT2D eigenvalue weighted by atomic mass is 10.0. The zero-order chi connectivity index (χ0) is 16.9. The number of carbonyl (C=O) groups is 2. The zero-order valence-corrected chi connectivity index (χ0v) is 13.3. The third-order valence-electron chi connectivity index (χ3n) is 3.15. The Morgan fingerprint density at radius 3 is 1.86 bits per heavy atom. The van der Waals surface area contributed by atoms with Gasteiger partial charge in [0.05, 0.1) is 21.3 Å². The molecule has 0 bridgehead atoms.